The molecule has 1 saturated heterocycles. The molecule has 1 aliphatic rings. The van der Waals surface area contributed by atoms with Gasteiger partial charge in [0.05, 0.1) is 6.61 Å². The quantitative estimate of drug-likeness (QED) is 0.0228. The summed E-state index contributed by atoms with van der Waals surface area (Å²) < 4.78 is 28.4. The molecule has 0 aromatic heterocycles. The Morgan fingerprint density at radius 1 is 0.438 bits per heavy atom. The molecule has 0 aromatic carbocycles. The summed E-state index contributed by atoms with van der Waals surface area (Å²) in [5.41, 5.74) is 0. The molecule has 1 rings (SSSR count). The van der Waals surface area contributed by atoms with Crippen LogP contribution in [-0.2, 0) is 42.9 Å². The molecule has 0 saturated carbocycles. The van der Waals surface area contributed by atoms with Gasteiger partial charge in [0.25, 0.3) is 0 Å². The fourth-order valence-electron chi connectivity index (χ4n) is 9.60. The third-order valence-corrected chi connectivity index (χ3v) is 14.3. The van der Waals surface area contributed by atoms with E-state index in [9.17, 15) is 34.5 Å². The van der Waals surface area contributed by atoms with Crippen molar-refractivity contribution in [3.05, 3.63) is 12.2 Å². The minimum absolute atomic E-state index is 0.0669. The molecule has 6 atom stereocenters. The summed E-state index contributed by atoms with van der Waals surface area (Å²) in [5.74, 6) is -3.08. The van der Waals surface area contributed by atoms with Gasteiger partial charge < -0.3 is 39.0 Å². The highest BCUT2D eigenvalue weighted by Crippen LogP contribution is 2.27. The summed E-state index contributed by atoms with van der Waals surface area (Å²) >= 11 is 0. The average molecular weight is 1040 g/mol. The van der Waals surface area contributed by atoms with Gasteiger partial charge in [0, 0.05) is 19.3 Å². The molecular weight excluding hydrogens is 925 g/mol. The highest BCUT2D eigenvalue weighted by atomic mass is 16.7. The van der Waals surface area contributed by atoms with Crippen LogP contribution in [0.1, 0.15) is 303 Å². The van der Waals surface area contributed by atoms with Crippen LogP contribution < -0.4 is 0 Å². The Balaban J connectivity index is 2.62. The Labute approximate surface area is 446 Å². The summed E-state index contributed by atoms with van der Waals surface area (Å²) in [5, 5.41) is 31.4. The van der Waals surface area contributed by atoms with Crippen LogP contribution in [0.2, 0.25) is 0 Å². The first kappa shape index (κ1) is 68.5. The van der Waals surface area contributed by atoms with Crippen LogP contribution in [0.5, 0.6) is 0 Å². The van der Waals surface area contributed by atoms with E-state index in [-0.39, 0.29) is 25.9 Å². The van der Waals surface area contributed by atoms with E-state index in [0.29, 0.717) is 19.3 Å². The van der Waals surface area contributed by atoms with E-state index in [1.54, 1.807) is 0 Å². The van der Waals surface area contributed by atoms with E-state index in [2.05, 4.69) is 32.9 Å². The van der Waals surface area contributed by atoms with Crippen LogP contribution in [0, 0.1) is 0 Å². The maximum Gasteiger partial charge on any atom is 0.335 e. The number of esters is 3. The van der Waals surface area contributed by atoms with Gasteiger partial charge >= 0.3 is 23.9 Å². The molecule has 6 unspecified atom stereocenters. The maximum absolute atomic E-state index is 13.1. The van der Waals surface area contributed by atoms with Crippen molar-refractivity contribution in [2.24, 2.45) is 0 Å². The normalized spacial score (nSPS) is 18.3. The highest BCUT2D eigenvalue weighted by Gasteiger charge is 2.50. The average Bonchev–Trinajstić information content (AvgIpc) is 3.37. The second-order valence-corrected chi connectivity index (χ2v) is 21.4. The Morgan fingerprint density at radius 3 is 1.16 bits per heavy atom. The number of aliphatic hydroxyl groups is 2. The second-order valence-electron chi connectivity index (χ2n) is 21.4. The maximum atomic E-state index is 13.1. The molecule has 0 bridgehead atoms. The predicted octanol–water partition coefficient (Wildman–Crippen LogP) is 15.7. The van der Waals surface area contributed by atoms with Gasteiger partial charge in [0.2, 0.25) is 0 Å². The zero-order chi connectivity index (χ0) is 53.3. The molecule has 1 heterocycles. The lowest BCUT2D eigenvalue weighted by Crippen LogP contribution is -2.61. The smallest absolute Gasteiger partial charge is 0.335 e. The van der Waals surface area contributed by atoms with Crippen molar-refractivity contribution in [1.29, 1.82) is 0 Å². The molecule has 0 aliphatic carbocycles. The Kier molecular flexibility index (Phi) is 47.2. The van der Waals surface area contributed by atoms with Gasteiger partial charge in [-0.15, -0.1) is 0 Å². The number of rotatable bonds is 53. The molecule has 0 amide bonds. The molecule has 12 heteroatoms. The van der Waals surface area contributed by atoms with E-state index in [4.69, 9.17) is 23.7 Å². The number of carboxylic acids is 1. The van der Waals surface area contributed by atoms with Crippen LogP contribution in [0.3, 0.4) is 0 Å². The Bertz CT molecular complexity index is 1320. The van der Waals surface area contributed by atoms with Crippen LogP contribution in [0.15, 0.2) is 12.2 Å². The SMILES string of the molecule is CCCCCCCC/C=C\CCCCCCCCCCCC(=O)OCC(COC1OC(C(=O)O)C(O)C(O)C1OC(=O)CCCCCCCCCCC)OC(=O)CCCCCCCCCCCCCCCCC. The number of hydrogen-bond acceptors (Lipinski definition) is 11. The number of ether oxygens (including phenoxy) is 5. The summed E-state index contributed by atoms with van der Waals surface area (Å²) in [6.45, 7) is 5.99. The van der Waals surface area contributed by atoms with Gasteiger partial charge in [-0.2, -0.15) is 0 Å². The number of carbonyl (C=O) groups excluding carboxylic acids is 3. The number of hydrogen-bond donors (Lipinski definition) is 3. The molecule has 3 N–H and O–H groups in total. The molecule has 73 heavy (non-hydrogen) atoms. The molecule has 1 fully saturated rings. The first-order valence-electron chi connectivity index (χ1n) is 30.7. The number of allylic oxidation sites excluding steroid dienone is 2. The minimum atomic E-state index is -1.89. The van der Waals surface area contributed by atoms with Crippen molar-refractivity contribution in [3.63, 3.8) is 0 Å². The monoisotopic (exact) mass is 1040 g/mol. The molecule has 12 nitrogen and oxygen atoms in total. The topological polar surface area (TPSA) is 175 Å². The lowest BCUT2D eigenvalue weighted by Gasteiger charge is -2.40. The van der Waals surface area contributed by atoms with Crippen molar-refractivity contribution in [2.75, 3.05) is 13.2 Å². The lowest BCUT2D eigenvalue weighted by molar-refractivity contribution is -0.301. The molecular formula is C61H112O12. The molecule has 0 aromatic rings. The van der Waals surface area contributed by atoms with Crippen LogP contribution in [0.4, 0.5) is 0 Å². The van der Waals surface area contributed by atoms with Crippen molar-refractivity contribution < 1.29 is 58.2 Å². The number of aliphatic hydroxyl groups excluding tert-OH is 2. The molecule has 0 spiro atoms. The zero-order valence-electron chi connectivity index (χ0n) is 47.2. The lowest BCUT2D eigenvalue weighted by atomic mass is 9.98. The zero-order valence-corrected chi connectivity index (χ0v) is 47.2. The van der Waals surface area contributed by atoms with Crippen molar-refractivity contribution in [1.82, 2.24) is 0 Å². The van der Waals surface area contributed by atoms with E-state index in [1.807, 2.05) is 0 Å². The number of carboxylic acid groups (broad SMARTS) is 1. The van der Waals surface area contributed by atoms with Gasteiger partial charge in [-0.3, -0.25) is 14.4 Å². The minimum Gasteiger partial charge on any atom is -0.479 e. The largest absolute Gasteiger partial charge is 0.479 e. The Morgan fingerprint density at radius 2 is 0.781 bits per heavy atom. The van der Waals surface area contributed by atoms with Crippen molar-refractivity contribution >= 4 is 23.9 Å². The van der Waals surface area contributed by atoms with Crippen LogP contribution in [-0.4, -0.2) is 89.2 Å². The third kappa shape index (κ3) is 40.4. The highest BCUT2D eigenvalue weighted by molar-refractivity contribution is 5.74. The van der Waals surface area contributed by atoms with E-state index in [1.165, 1.54) is 180 Å². The fraction of sp³-hybridized carbons (Fsp3) is 0.902. The number of aliphatic carboxylic acids is 1. The van der Waals surface area contributed by atoms with Gasteiger partial charge in [-0.1, -0.05) is 251 Å². The van der Waals surface area contributed by atoms with Crippen molar-refractivity contribution in [2.45, 2.75) is 340 Å². The number of unbranched alkanes of at least 4 members (excludes halogenated alkanes) is 37. The molecule has 0 radical (unpaired) electrons. The first-order chi connectivity index (χ1) is 35.6. The van der Waals surface area contributed by atoms with Gasteiger partial charge in [0.15, 0.2) is 24.6 Å². The standard InChI is InChI=1S/C61H112O12/c1-4-7-10-13-16-19-21-23-25-26-27-28-30-31-33-36-38-41-44-47-53(62)69-50-52(71-54(63)48-45-42-40-37-34-32-29-24-22-20-17-14-11-8-5-2)51-70-61-59(57(66)56(65)58(73-61)60(67)68)72-55(64)49-46-43-39-35-18-15-12-9-6-3/h23,25,52,56-59,61,65-66H,4-22,24,26-51H2,1-3H3,(H,67,68)/b25-23-. The van der Waals surface area contributed by atoms with Gasteiger partial charge in [-0.05, 0) is 44.9 Å². The van der Waals surface area contributed by atoms with E-state index in [0.717, 1.165) is 64.2 Å². The third-order valence-electron chi connectivity index (χ3n) is 14.3. The number of carbonyl (C=O) groups is 4. The van der Waals surface area contributed by atoms with Gasteiger partial charge in [0.1, 0.15) is 18.8 Å². The first-order valence-corrected chi connectivity index (χ1v) is 30.7. The molecule has 428 valence electrons. The van der Waals surface area contributed by atoms with E-state index < -0.39 is 67.3 Å². The van der Waals surface area contributed by atoms with Crippen LogP contribution >= 0.6 is 0 Å². The summed E-state index contributed by atoms with van der Waals surface area (Å²) in [7, 11) is 0. The second kappa shape index (κ2) is 50.3. The fourth-order valence-corrected chi connectivity index (χ4v) is 9.60. The summed E-state index contributed by atoms with van der Waals surface area (Å²) in [6, 6.07) is 0. The van der Waals surface area contributed by atoms with E-state index >= 15 is 0 Å². The van der Waals surface area contributed by atoms with Crippen molar-refractivity contribution in [3.8, 4) is 0 Å². The predicted molar refractivity (Wildman–Crippen MR) is 294 cm³/mol. The molecule has 1 aliphatic heterocycles. The van der Waals surface area contributed by atoms with Crippen LogP contribution in [0.25, 0.3) is 0 Å². The summed E-state index contributed by atoms with van der Waals surface area (Å²) in [6.07, 6.45) is 43.4. The van der Waals surface area contributed by atoms with Gasteiger partial charge in [-0.25, -0.2) is 4.79 Å². The Hall–Kier alpha value is -2.54. The summed E-state index contributed by atoms with van der Waals surface area (Å²) in [4.78, 5) is 51.0.